The third-order valence-electron chi connectivity index (χ3n) is 5.44. The fraction of sp³-hybridized carbons (Fsp3) is 0.474. The second-order valence-electron chi connectivity index (χ2n) is 7.50. The number of piperazine rings is 1. The summed E-state index contributed by atoms with van der Waals surface area (Å²) in [5, 5.41) is 13.8. The van der Waals surface area contributed by atoms with Crippen LogP contribution in [-0.4, -0.2) is 94.8 Å². The molecule has 2 aromatic rings. The topological polar surface area (TPSA) is 118 Å². The number of carbonyl (C=O) groups excluding carboxylic acids is 2. The Labute approximate surface area is 194 Å². The van der Waals surface area contributed by atoms with Crippen LogP contribution in [0.5, 0.6) is 0 Å². The van der Waals surface area contributed by atoms with E-state index >= 15 is 0 Å². The molecule has 2 amide bonds. The molecule has 33 heavy (non-hydrogen) atoms. The fourth-order valence-corrected chi connectivity index (χ4v) is 3.80. The first-order valence-corrected chi connectivity index (χ1v) is 10.7. The van der Waals surface area contributed by atoms with Gasteiger partial charge in [-0.15, -0.1) is 5.10 Å². The molecule has 3 heterocycles. The van der Waals surface area contributed by atoms with Gasteiger partial charge < -0.3 is 24.6 Å². The predicted molar refractivity (Wildman–Crippen MR) is 118 cm³/mol. The second kappa shape index (κ2) is 9.94. The van der Waals surface area contributed by atoms with Gasteiger partial charge in [0.25, 0.3) is 5.17 Å². The summed E-state index contributed by atoms with van der Waals surface area (Å²) in [5.74, 6) is -0.545. The average molecular weight is 479 g/mol. The van der Waals surface area contributed by atoms with Gasteiger partial charge in [0.1, 0.15) is 24.8 Å². The van der Waals surface area contributed by atoms with Crippen LogP contribution in [0.2, 0.25) is 0 Å². The lowest BCUT2D eigenvalue weighted by Crippen LogP contribution is -2.49. The molecule has 1 aromatic heterocycles. The number of rotatable bonds is 6. The summed E-state index contributed by atoms with van der Waals surface area (Å²) < 4.78 is 26.5. The van der Waals surface area contributed by atoms with Crippen LogP contribution in [0.1, 0.15) is 0 Å². The van der Waals surface area contributed by atoms with E-state index in [1.165, 1.54) is 29.1 Å². The van der Waals surface area contributed by atoms with E-state index in [0.29, 0.717) is 44.1 Å². The second-order valence-corrected chi connectivity index (χ2v) is 7.87. The molecule has 1 atom stereocenters. The zero-order valence-electron chi connectivity index (χ0n) is 17.9. The van der Waals surface area contributed by atoms with Crippen molar-refractivity contribution in [2.75, 3.05) is 56.2 Å². The molecule has 12 nitrogen and oxygen atoms in total. The van der Waals surface area contributed by atoms with E-state index in [2.05, 4.69) is 20.8 Å². The zero-order chi connectivity index (χ0) is 23.4. The number of hydrogen-bond donors (Lipinski definition) is 1. The maximum Gasteiger partial charge on any atom is 0.414 e. The maximum atomic E-state index is 14.9. The van der Waals surface area contributed by atoms with Crippen molar-refractivity contribution in [1.29, 1.82) is 0 Å². The average Bonchev–Trinajstić information content (AvgIpc) is 3.46. The Hall–Kier alpha value is -3.55. The molecule has 0 aliphatic carbocycles. The molecule has 1 unspecified atom stereocenters. The summed E-state index contributed by atoms with van der Waals surface area (Å²) >= 11 is 4.91. The molecule has 0 radical (unpaired) electrons. The number of benzene rings is 1. The van der Waals surface area contributed by atoms with Crippen LogP contribution in [0, 0.1) is 5.82 Å². The zero-order valence-corrected chi connectivity index (χ0v) is 18.7. The summed E-state index contributed by atoms with van der Waals surface area (Å²) in [7, 11) is 1.45. The van der Waals surface area contributed by atoms with Gasteiger partial charge in [0.15, 0.2) is 0 Å². The van der Waals surface area contributed by atoms with Crippen LogP contribution in [0.15, 0.2) is 24.5 Å². The third-order valence-corrected chi connectivity index (χ3v) is 5.75. The van der Waals surface area contributed by atoms with Crippen LogP contribution in [-0.2, 0) is 20.8 Å². The predicted octanol–water partition coefficient (Wildman–Crippen LogP) is 0.00710. The van der Waals surface area contributed by atoms with E-state index in [-0.39, 0.29) is 24.2 Å². The van der Waals surface area contributed by atoms with Gasteiger partial charge in [0.2, 0.25) is 5.91 Å². The first-order chi connectivity index (χ1) is 15.9. The van der Waals surface area contributed by atoms with Crippen LogP contribution < -0.4 is 15.1 Å². The number of halogens is 1. The van der Waals surface area contributed by atoms with Crippen molar-refractivity contribution in [2.45, 2.75) is 12.6 Å². The molecule has 2 aliphatic heterocycles. The van der Waals surface area contributed by atoms with Crippen molar-refractivity contribution >= 4 is 40.8 Å². The number of tetrazole rings is 1. The number of anilines is 2. The van der Waals surface area contributed by atoms with E-state index in [0.717, 1.165) is 0 Å². The minimum Gasteiger partial charge on any atom is -0.474 e. The number of nitrogens with one attached hydrogen (secondary N) is 1. The molecule has 2 aliphatic rings. The fourth-order valence-electron chi connectivity index (χ4n) is 3.72. The van der Waals surface area contributed by atoms with E-state index in [1.807, 2.05) is 4.90 Å². The van der Waals surface area contributed by atoms with Crippen LogP contribution in [0.4, 0.5) is 20.6 Å². The van der Waals surface area contributed by atoms with Crippen molar-refractivity contribution in [3.05, 3.63) is 30.3 Å². The molecule has 1 aromatic carbocycles. The van der Waals surface area contributed by atoms with Crippen LogP contribution >= 0.6 is 12.2 Å². The van der Waals surface area contributed by atoms with Gasteiger partial charge in [-0.2, -0.15) is 0 Å². The minimum absolute atomic E-state index is 0.0652. The van der Waals surface area contributed by atoms with Gasteiger partial charge in [-0.1, -0.05) is 0 Å². The molecule has 0 saturated carbocycles. The lowest BCUT2D eigenvalue weighted by atomic mass is 10.2. The van der Waals surface area contributed by atoms with Gasteiger partial charge in [-0.3, -0.25) is 9.69 Å². The molecule has 1 N–H and O–H groups in total. The molecule has 0 spiro atoms. The number of amides is 2. The van der Waals surface area contributed by atoms with Crippen molar-refractivity contribution in [2.24, 2.45) is 0 Å². The van der Waals surface area contributed by atoms with E-state index in [1.54, 1.807) is 17.0 Å². The Morgan fingerprint density at radius 2 is 2.12 bits per heavy atom. The highest BCUT2D eigenvalue weighted by atomic mass is 32.1. The first-order valence-electron chi connectivity index (χ1n) is 10.3. The highest BCUT2D eigenvalue weighted by Gasteiger charge is 2.33. The maximum absolute atomic E-state index is 14.9. The number of thiocarbonyl (C=S) groups is 1. The Morgan fingerprint density at radius 1 is 1.33 bits per heavy atom. The highest BCUT2D eigenvalue weighted by Crippen LogP contribution is 2.28. The van der Waals surface area contributed by atoms with Gasteiger partial charge in [0.05, 0.1) is 31.6 Å². The molecule has 2 fully saturated rings. The smallest absolute Gasteiger partial charge is 0.414 e. The normalized spacial score (nSPS) is 18.3. The van der Waals surface area contributed by atoms with E-state index in [4.69, 9.17) is 21.7 Å². The number of hydrogen-bond acceptors (Lipinski definition) is 9. The summed E-state index contributed by atoms with van der Waals surface area (Å²) in [6, 6.07) is 4.65. The summed E-state index contributed by atoms with van der Waals surface area (Å²) in [6.45, 7) is 2.50. The van der Waals surface area contributed by atoms with E-state index < -0.39 is 18.0 Å². The summed E-state index contributed by atoms with van der Waals surface area (Å²) in [5.41, 5.74) is 0.830. The van der Waals surface area contributed by atoms with Gasteiger partial charge >= 0.3 is 6.09 Å². The molecular formula is C19H23FN8O4S. The van der Waals surface area contributed by atoms with E-state index in [9.17, 15) is 14.0 Å². The van der Waals surface area contributed by atoms with Crippen molar-refractivity contribution in [3.8, 4) is 0 Å². The minimum atomic E-state index is -0.549. The number of cyclic esters (lactones) is 1. The number of nitrogens with zero attached hydrogens (tertiary/aromatic N) is 7. The lowest BCUT2D eigenvalue weighted by molar-refractivity contribution is -0.132. The Balaban J connectivity index is 1.33. The monoisotopic (exact) mass is 478 g/mol. The number of aromatic nitrogens is 4. The highest BCUT2D eigenvalue weighted by molar-refractivity contribution is 7.80. The van der Waals surface area contributed by atoms with Crippen LogP contribution in [0.3, 0.4) is 0 Å². The standard InChI is InChI=1S/C19H23FN8O4S/c1-31-18(33)21-9-14-10-28(19(30)32-14)13-2-3-16(15(20)8-13)25-4-6-26(7-5-25)17(29)11-27-12-22-23-24-27/h2-3,8,12,14H,4-7,9-11H2,1H3,(H,21,33). The van der Waals surface area contributed by atoms with Crippen molar-refractivity contribution < 1.29 is 23.5 Å². The summed E-state index contributed by atoms with van der Waals surface area (Å²) in [4.78, 5) is 29.6. The Kier molecular flexibility index (Phi) is 6.82. The Bertz CT molecular complexity index is 1020. The Morgan fingerprint density at radius 3 is 2.79 bits per heavy atom. The molecule has 4 rings (SSSR count). The molecule has 14 heteroatoms. The SMILES string of the molecule is COC(=S)NCC1CN(c2ccc(N3CCN(C(=O)Cn4cnnn4)CC3)c(F)c2)C(=O)O1. The first kappa shape index (κ1) is 22.6. The number of methoxy groups -OCH3 is 1. The summed E-state index contributed by atoms with van der Waals surface area (Å²) in [6.07, 6.45) is 0.397. The van der Waals surface area contributed by atoms with Gasteiger partial charge in [-0.25, -0.2) is 13.9 Å². The van der Waals surface area contributed by atoms with Crippen LogP contribution in [0.25, 0.3) is 0 Å². The number of carbonyl (C=O) groups is 2. The number of ether oxygens (including phenoxy) is 2. The molecular weight excluding hydrogens is 455 g/mol. The lowest BCUT2D eigenvalue weighted by Gasteiger charge is -2.36. The molecule has 2 saturated heterocycles. The quantitative estimate of drug-likeness (QED) is 0.569. The van der Waals surface area contributed by atoms with Gasteiger partial charge in [-0.05, 0) is 40.8 Å². The van der Waals surface area contributed by atoms with Crippen molar-refractivity contribution in [3.63, 3.8) is 0 Å². The molecule has 176 valence electrons. The molecule has 0 bridgehead atoms. The third kappa shape index (κ3) is 5.27. The van der Waals surface area contributed by atoms with Crippen molar-refractivity contribution in [1.82, 2.24) is 30.4 Å². The largest absolute Gasteiger partial charge is 0.474 e. The van der Waals surface area contributed by atoms with Gasteiger partial charge in [0, 0.05) is 26.2 Å².